The number of nitrogens with zero attached hydrogens (tertiary/aromatic N) is 5. The summed E-state index contributed by atoms with van der Waals surface area (Å²) in [5.74, 6) is 0.523. The van der Waals surface area contributed by atoms with Gasteiger partial charge in [-0.3, -0.25) is 0 Å². The van der Waals surface area contributed by atoms with Crippen LogP contribution in [-0.4, -0.2) is 4.57 Å². The molecule has 3 rings (SSSR count). The summed E-state index contributed by atoms with van der Waals surface area (Å²) in [6.07, 6.45) is 4.56. The molecule has 0 saturated heterocycles. The molecule has 3 aromatic rings. The minimum atomic E-state index is 0.123. The third kappa shape index (κ3) is 5.24. The van der Waals surface area contributed by atoms with Crippen molar-refractivity contribution in [2.75, 3.05) is 0 Å². The minimum Gasteiger partial charge on any atom is -0.339 e. The van der Waals surface area contributed by atoms with Crippen molar-refractivity contribution in [1.29, 1.82) is 21.0 Å². The standard InChI is InChI=1S/C26H23N5S2/c1-3-5-6-18(4-2)17-31-21(25-11-9-23(32-25)19(13-27)14-28)7-8-22(31)26-12-10-24(33-26)20(15-29)16-30/h7-12,18H,3-6,17H2,1-2H3/b25-21-,26-22-/t18-/m0/s1. The second kappa shape index (κ2) is 11.3. The molecular weight excluding hydrogens is 446 g/mol. The Morgan fingerprint density at radius 3 is 1.67 bits per heavy atom. The monoisotopic (exact) mass is 469 g/mol. The van der Waals surface area contributed by atoms with E-state index >= 15 is 0 Å². The highest BCUT2D eigenvalue weighted by molar-refractivity contribution is 7.08. The summed E-state index contributed by atoms with van der Waals surface area (Å²) in [4.78, 5) is 0. The number of hydrogen-bond donors (Lipinski definition) is 0. The van der Waals surface area contributed by atoms with Crippen molar-refractivity contribution < 1.29 is 0 Å². The Labute approximate surface area is 200 Å². The molecule has 33 heavy (non-hydrogen) atoms. The molecule has 0 aliphatic heterocycles. The van der Waals surface area contributed by atoms with E-state index in [1.165, 1.54) is 29.1 Å². The fourth-order valence-corrected chi connectivity index (χ4v) is 5.73. The lowest BCUT2D eigenvalue weighted by Gasteiger charge is -2.16. The quantitative estimate of drug-likeness (QED) is 0.518. The summed E-state index contributed by atoms with van der Waals surface area (Å²) in [6, 6.07) is 19.6. The van der Waals surface area contributed by atoms with E-state index in [-0.39, 0.29) is 11.1 Å². The molecule has 0 amide bonds. The van der Waals surface area contributed by atoms with E-state index in [0.717, 1.165) is 45.6 Å². The molecule has 0 aliphatic carbocycles. The van der Waals surface area contributed by atoms with Gasteiger partial charge < -0.3 is 4.57 Å². The SMILES string of the molecule is CCCC[C@H](CC)Cn1/c(=c2/ccc(=C(C#N)C#N)s2)cc/c1=c1\ccc(=C(C#N)C#N)s1. The third-order valence-corrected chi connectivity index (χ3v) is 7.87. The molecule has 0 unspecified atom stereocenters. The minimum absolute atomic E-state index is 0.123. The molecule has 164 valence electrons. The summed E-state index contributed by atoms with van der Waals surface area (Å²) >= 11 is 2.89. The van der Waals surface area contributed by atoms with Crippen molar-refractivity contribution in [1.82, 2.24) is 4.57 Å². The van der Waals surface area contributed by atoms with Crippen LogP contribution in [0.1, 0.15) is 39.5 Å². The Morgan fingerprint density at radius 1 is 0.788 bits per heavy atom. The van der Waals surface area contributed by atoms with Gasteiger partial charge in [-0.25, -0.2) is 0 Å². The average molecular weight is 470 g/mol. The zero-order valence-corrected chi connectivity index (χ0v) is 20.3. The Morgan fingerprint density at radius 2 is 1.27 bits per heavy atom. The Balaban J connectivity index is 2.40. The molecule has 5 nitrogen and oxygen atoms in total. The fourth-order valence-electron chi connectivity index (χ4n) is 3.76. The number of rotatable bonds is 6. The first-order chi connectivity index (χ1) is 16.1. The van der Waals surface area contributed by atoms with Crippen molar-refractivity contribution in [2.24, 2.45) is 5.92 Å². The van der Waals surface area contributed by atoms with Crippen LogP contribution in [0.15, 0.2) is 36.4 Å². The van der Waals surface area contributed by atoms with Crippen LogP contribution in [0.3, 0.4) is 0 Å². The molecule has 0 aromatic carbocycles. The van der Waals surface area contributed by atoms with Crippen LogP contribution < -0.4 is 9.06 Å². The largest absolute Gasteiger partial charge is 0.339 e. The Hall–Kier alpha value is -3.62. The molecule has 0 spiro atoms. The predicted molar refractivity (Wildman–Crippen MR) is 130 cm³/mol. The van der Waals surface area contributed by atoms with Gasteiger partial charge in [-0.05, 0) is 48.7 Å². The van der Waals surface area contributed by atoms with E-state index < -0.39 is 0 Å². The summed E-state index contributed by atoms with van der Waals surface area (Å²) in [6.45, 7) is 5.28. The lowest BCUT2D eigenvalue weighted by molar-refractivity contribution is 0.385. The van der Waals surface area contributed by atoms with Gasteiger partial charge in [-0.2, -0.15) is 21.0 Å². The van der Waals surface area contributed by atoms with E-state index in [1.807, 2.05) is 48.5 Å². The highest BCUT2D eigenvalue weighted by Crippen LogP contribution is 2.18. The van der Waals surface area contributed by atoms with Crippen molar-refractivity contribution in [2.45, 2.75) is 46.1 Å². The number of aromatic nitrogens is 1. The number of hydrogen-bond acceptors (Lipinski definition) is 6. The first kappa shape index (κ1) is 24.0. The highest BCUT2D eigenvalue weighted by atomic mass is 32.1. The van der Waals surface area contributed by atoms with Crippen molar-refractivity contribution in [3.8, 4) is 24.3 Å². The molecule has 0 N–H and O–H groups in total. The summed E-state index contributed by atoms with van der Waals surface area (Å²) in [5, 5.41) is 39.0. The Kier molecular flexibility index (Phi) is 8.23. The van der Waals surface area contributed by atoms with E-state index in [9.17, 15) is 21.0 Å². The summed E-state index contributed by atoms with van der Waals surface area (Å²) in [5.41, 5.74) is 0.246. The normalized spacial score (nSPS) is 13.3. The topological polar surface area (TPSA) is 100 Å². The second-order valence-corrected chi connectivity index (χ2v) is 9.82. The molecule has 0 bridgehead atoms. The van der Waals surface area contributed by atoms with E-state index in [4.69, 9.17) is 0 Å². The maximum Gasteiger partial charge on any atom is 0.146 e. The first-order valence-corrected chi connectivity index (χ1v) is 12.5. The van der Waals surface area contributed by atoms with Gasteiger partial charge in [-0.1, -0.05) is 33.1 Å². The number of unbranched alkanes of at least 4 members (excludes halogenated alkanes) is 1. The van der Waals surface area contributed by atoms with Crippen LogP contribution in [0, 0.1) is 71.0 Å². The molecule has 3 aromatic heterocycles. The Bertz CT molecular complexity index is 1480. The van der Waals surface area contributed by atoms with E-state index in [2.05, 4.69) is 30.5 Å². The molecule has 1 atom stereocenters. The maximum absolute atomic E-state index is 9.23. The van der Waals surface area contributed by atoms with Gasteiger partial charge >= 0.3 is 0 Å². The number of thiophene rings is 2. The van der Waals surface area contributed by atoms with Crippen LogP contribution in [0.4, 0.5) is 0 Å². The first-order valence-electron chi connectivity index (χ1n) is 10.8. The summed E-state index contributed by atoms with van der Waals surface area (Å²) < 4.78 is 5.66. The molecular formula is C26H23N5S2. The third-order valence-electron chi connectivity index (χ3n) is 5.62. The van der Waals surface area contributed by atoms with Gasteiger partial charge in [0.25, 0.3) is 0 Å². The van der Waals surface area contributed by atoms with Crippen LogP contribution in [0.25, 0.3) is 11.1 Å². The van der Waals surface area contributed by atoms with Crippen LogP contribution in [0.5, 0.6) is 0 Å². The smallest absolute Gasteiger partial charge is 0.146 e. The fraction of sp³-hybridized carbons (Fsp3) is 0.308. The van der Waals surface area contributed by atoms with E-state index in [0.29, 0.717) is 15.0 Å². The molecule has 0 fully saturated rings. The second-order valence-electron chi connectivity index (χ2n) is 7.66. The number of nitriles is 4. The maximum atomic E-state index is 9.23. The van der Waals surface area contributed by atoms with Gasteiger partial charge in [0.05, 0.1) is 28.8 Å². The zero-order chi connectivity index (χ0) is 23.8. The van der Waals surface area contributed by atoms with Crippen molar-refractivity contribution in [3.63, 3.8) is 0 Å². The van der Waals surface area contributed by atoms with Crippen molar-refractivity contribution in [3.05, 3.63) is 65.2 Å². The molecule has 0 saturated carbocycles. The highest BCUT2D eigenvalue weighted by Gasteiger charge is 2.10. The lowest BCUT2D eigenvalue weighted by atomic mass is 9.99. The lowest BCUT2D eigenvalue weighted by Crippen LogP contribution is -2.11. The van der Waals surface area contributed by atoms with Gasteiger partial charge in [0.2, 0.25) is 0 Å². The van der Waals surface area contributed by atoms with Crippen LogP contribution in [-0.2, 0) is 6.54 Å². The van der Waals surface area contributed by atoms with Gasteiger partial charge in [0, 0.05) is 6.54 Å². The zero-order valence-electron chi connectivity index (χ0n) is 18.6. The van der Waals surface area contributed by atoms with Gasteiger partial charge in [0.15, 0.2) is 0 Å². The molecule has 0 radical (unpaired) electrons. The predicted octanol–water partition coefficient (Wildman–Crippen LogP) is 4.80. The molecule has 7 heteroatoms. The van der Waals surface area contributed by atoms with Crippen LogP contribution in [0.2, 0.25) is 0 Å². The molecule has 0 aliphatic rings. The average Bonchev–Trinajstić information content (AvgIpc) is 3.58. The summed E-state index contributed by atoms with van der Waals surface area (Å²) in [7, 11) is 0. The van der Waals surface area contributed by atoms with Crippen molar-refractivity contribution >= 4 is 33.8 Å². The van der Waals surface area contributed by atoms with Crippen LogP contribution >= 0.6 is 22.7 Å². The van der Waals surface area contributed by atoms with Gasteiger partial charge in [0.1, 0.15) is 35.4 Å². The van der Waals surface area contributed by atoms with E-state index in [1.54, 1.807) is 0 Å². The molecule has 3 heterocycles. The van der Waals surface area contributed by atoms with Gasteiger partial charge in [-0.15, -0.1) is 22.7 Å².